The number of methoxy groups -OCH3 is 1. The molecule has 1 aliphatic heterocycles. The second kappa shape index (κ2) is 4.42. The monoisotopic (exact) mass is 173 g/mol. The van der Waals surface area contributed by atoms with Crippen LogP contribution in [0.3, 0.4) is 0 Å². The molecule has 1 aliphatic rings. The van der Waals surface area contributed by atoms with Crippen LogP contribution in [0.25, 0.3) is 0 Å². The van der Waals surface area contributed by atoms with E-state index in [0.29, 0.717) is 26.4 Å². The highest BCUT2D eigenvalue weighted by Crippen LogP contribution is 2.06. The Balaban J connectivity index is 2.48. The molecule has 4 nitrogen and oxygen atoms in total. The Morgan fingerprint density at radius 3 is 3.08 bits per heavy atom. The maximum Gasteiger partial charge on any atom is 0.219 e. The highest BCUT2D eigenvalue weighted by Gasteiger charge is 2.24. The average Bonchev–Trinajstić information content (AvgIpc) is 2.05. The lowest BCUT2D eigenvalue weighted by molar-refractivity contribution is -0.139. The van der Waals surface area contributed by atoms with Crippen molar-refractivity contribution in [1.29, 1.82) is 0 Å². The van der Waals surface area contributed by atoms with Crippen LogP contribution in [0.1, 0.15) is 6.92 Å². The maximum absolute atomic E-state index is 11.1. The van der Waals surface area contributed by atoms with E-state index >= 15 is 0 Å². The normalized spacial score (nSPS) is 24.2. The smallest absolute Gasteiger partial charge is 0.219 e. The molecule has 1 atom stereocenters. The third-order valence-corrected chi connectivity index (χ3v) is 1.99. The molecule has 4 heteroatoms. The SMILES string of the molecule is COC[C@H]1COCCN1C(C)=O. The zero-order valence-corrected chi connectivity index (χ0v) is 7.58. The van der Waals surface area contributed by atoms with Crippen LogP contribution in [-0.2, 0) is 14.3 Å². The van der Waals surface area contributed by atoms with Gasteiger partial charge in [-0.05, 0) is 0 Å². The predicted molar refractivity (Wildman–Crippen MR) is 43.9 cm³/mol. The van der Waals surface area contributed by atoms with Crippen molar-refractivity contribution in [2.75, 3.05) is 33.5 Å². The zero-order valence-electron chi connectivity index (χ0n) is 7.58. The van der Waals surface area contributed by atoms with Crippen LogP contribution in [-0.4, -0.2) is 50.3 Å². The summed E-state index contributed by atoms with van der Waals surface area (Å²) < 4.78 is 10.2. The first-order valence-corrected chi connectivity index (χ1v) is 4.09. The molecule has 0 aliphatic carbocycles. The Bertz CT molecular complexity index is 158. The van der Waals surface area contributed by atoms with Crippen molar-refractivity contribution in [3.63, 3.8) is 0 Å². The lowest BCUT2D eigenvalue weighted by Gasteiger charge is -2.34. The van der Waals surface area contributed by atoms with Crippen LogP contribution in [0.15, 0.2) is 0 Å². The van der Waals surface area contributed by atoms with Gasteiger partial charge in [0.2, 0.25) is 5.91 Å². The van der Waals surface area contributed by atoms with Gasteiger partial charge < -0.3 is 14.4 Å². The van der Waals surface area contributed by atoms with E-state index in [2.05, 4.69) is 0 Å². The first-order valence-electron chi connectivity index (χ1n) is 4.09. The standard InChI is InChI=1S/C8H15NO3/c1-7(10)9-3-4-12-6-8(9)5-11-2/h8H,3-6H2,1-2H3/t8-/m0/s1. The summed E-state index contributed by atoms with van der Waals surface area (Å²) in [5.74, 6) is 0.0975. The highest BCUT2D eigenvalue weighted by atomic mass is 16.5. The van der Waals surface area contributed by atoms with Gasteiger partial charge in [0.15, 0.2) is 0 Å². The number of hydrogen-bond donors (Lipinski definition) is 0. The summed E-state index contributed by atoms with van der Waals surface area (Å²) in [6.45, 7) is 4.05. The lowest BCUT2D eigenvalue weighted by atomic mass is 10.2. The van der Waals surface area contributed by atoms with Gasteiger partial charge >= 0.3 is 0 Å². The number of carbonyl (C=O) groups excluding carboxylic acids is 1. The van der Waals surface area contributed by atoms with Gasteiger partial charge in [-0.3, -0.25) is 4.79 Å². The third-order valence-electron chi connectivity index (χ3n) is 1.99. The van der Waals surface area contributed by atoms with Crippen molar-refractivity contribution < 1.29 is 14.3 Å². The molecule has 1 heterocycles. The number of carbonyl (C=O) groups is 1. The van der Waals surface area contributed by atoms with E-state index in [1.54, 1.807) is 18.9 Å². The van der Waals surface area contributed by atoms with Crippen LogP contribution in [0.5, 0.6) is 0 Å². The molecule has 1 amide bonds. The second-order valence-corrected chi connectivity index (χ2v) is 2.90. The van der Waals surface area contributed by atoms with Crippen molar-refractivity contribution in [3.8, 4) is 0 Å². The van der Waals surface area contributed by atoms with Crippen molar-refractivity contribution >= 4 is 5.91 Å². The molecule has 0 aromatic heterocycles. The fourth-order valence-electron chi connectivity index (χ4n) is 1.40. The Labute approximate surface area is 72.4 Å². The molecule has 0 bridgehead atoms. The minimum atomic E-state index is 0.0975. The average molecular weight is 173 g/mol. The Kier molecular flexibility index (Phi) is 3.49. The van der Waals surface area contributed by atoms with E-state index in [1.165, 1.54) is 0 Å². The van der Waals surface area contributed by atoms with Crippen LogP contribution in [0.2, 0.25) is 0 Å². The van der Waals surface area contributed by atoms with Crippen LogP contribution in [0, 0.1) is 0 Å². The maximum atomic E-state index is 11.1. The van der Waals surface area contributed by atoms with Gasteiger partial charge in [0.1, 0.15) is 0 Å². The molecule has 1 rings (SSSR count). The minimum absolute atomic E-state index is 0.0975. The molecule has 12 heavy (non-hydrogen) atoms. The first-order chi connectivity index (χ1) is 5.75. The Hall–Kier alpha value is -0.610. The molecule has 1 saturated heterocycles. The van der Waals surface area contributed by atoms with Gasteiger partial charge in [0.05, 0.1) is 25.9 Å². The number of morpholine rings is 1. The number of rotatable bonds is 2. The van der Waals surface area contributed by atoms with E-state index in [0.717, 1.165) is 0 Å². The van der Waals surface area contributed by atoms with Gasteiger partial charge in [-0.2, -0.15) is 0 Å². The highest BCUT2D eigenvalue weighted by molar-refractivity contribution is 5.73. The first kappa shape index (κ1) is 9.48. The molecule has 1 fully saturated rings. The Morgan fingerprint density at radius 2 is 2.50 bits per heavy atom. The predicted octanol–water partition coefficient (Wildman–Crippen LogP) is -0.120. The summed E-state index contributed by atoms with van der Waals surface area (Å²) in [4.78, 5) is 12.9. The molecule has 0 saturated carbocycles. The fraction of sp³-hybridized carbons (Fsp3) is 0.875. The van der Waals surface area contributed by atoms with E-state index in [9.17, 15) is 4.79 Å². The summed E-state index contributed by atoms with van der Waals surface area (Å²) in [5, 5.41) is 0. The molecule has 70 valence electrons. The molecular formula is C8H15NO3. The third kappa shape index (κ3) is 2.19. The van der Waals surface area contributed by atoms with E-state index < -0.39 is 0 Å². The van der Waals surface area contributed by atoms with Crippen molar-refractivity contribution in [3.05, 3.63) is 0 Å². The molecule has 0 radical (unpaired) electrons. The quantitative estimate of drug-likeness (QED) is 0.584. The van der Waals surface area contributed by atoms with Crippen molar-refractivity contribution in [2.45, 2.75) is 13.0 Å². The Morgan fingerprint density at radius 1 is 1.75 bits per heavy atom. The summed E-state index contributed by atoms with van der Waals surface area (Å²) >= 11 is 0. The topological polar surface area (TPSA) is 38.8 Å². The van der Waals surface area contributed by atoms with Gasteiger partial charge in [0, 0.05) is 20.6 Å². The minimum Gasteiger partial charge on any atom is -0.382 e. The summed E-state index contributed by atoms with van der Waals surface area (Å²) in [5.41, 5.74) is 0. The molecule has 0 aromatic carbocycles. The molecule has 0 spiro atoms. The van der Waals surface area contributed by atoms with Gasteiger partial charge in [0.25, 0.3) is 0 Å². The number of hydrogen-bond acceptors (Lipinski definition) is 3. The summed E-state index contributed by atoms with van der Waals surface area (Å²) in [6, 6.07) is 0.0984. The molecule has 0 aromatic rings. The molecular weight excluding hydrogens is 158 g/mol. The molecule has 0 N–H and O–H groups in total. The van der Waals surface area contributed by atoms with Crippen LogP contribution >= 0.6 is 0 Å². The summed E-state index contributed by atoms with van der Waals surface area (Å²) in [7, 11) is 1.63. The van der Waals surface area contributed by atoms with E-state index in [-0.39, 0.29) is 11.9 Å². The van der Waals surface area contributed by atoms with E-state index in [4.69, 9.17) is 9.47 Å². The number of nitrogens with zero attached hydrogens (tertiary/aromatic N) is 1. The van der Waals surface area contributed by atoms with Crippen molar-refractivity contribution in [1.82, 2.24) is 4.90 Å². The van der Waals surface area contributed by atoms with Crippen LogP contribution in [0.4, 0.5) is 0 Å². The summed E-state index contributed by atoms with van der Waals surface area (Å²) in [6.07, 6.45) is 0. The number of ether oxygens (including phenoxy) is 2. The zero-order chi connectivity index (χ0) is 8.97. The van der Waals surface area contributed by atoms with Gasteiger partial charge in [-0.15, -0.1) is 0 Å². The van der Waals surface area contributed by atoms with Crippen molar-refractivity contribution in [2.24, 2.45) is 0 Å². The van der Waals surface area contributed by atoms with Crippen LogP contribution < -0.4 is 0 Å². The fourth-order valence-corrected chi connectivity index (χ4v) is 1.40. The largest absolute Gasteiger partial charge is 0.382 e. The lowest BCUT2D eigenvalue weighted by Crippen LogP contribution is -2.49. The molecule has 0 unspecified atom stereocenters. The second-order valence-electron chi connectivity index (χ2n) is 2.90. The number of amides is 1. The van der Waals surface area contributed by atoms with E-state index in [1.807, 2.05) is 0 Å². The van der Waals surface area contributed by atoms with Gasteiger partial charge in [-0.25, -0.2) is 0 Å². The van der Waals surface area contributed by atoms with Gasteiger partial charge in [-0.1, -0.05) is 0 Å².